The molecule has 114 valence electrons. The standard InChI is InChI=1S/C15H22N4O2/c1-2-14(20)18-12-5-7-19(8-6-12)15(21)9-13-4-3-11(16)10-17-13/h3-4,10,12H,2,5-9,16H2,1H3,(H,18,20). The average molecular weight is 290 g/mol. The van der Waals surface area contributed by atoms with Crippen LogP contribution in [-0.2, 0) is 16.0 Å². The number of pyridine rings is 1. The summed E-state index contributed by atoms with van der Waals surface area (Å²) in [5, 5.41) is 2.98. The molecule has 2 amide bonds. The van der Waals surface area contributed by atoms with E-state index in [0.717, 1.165) is 18.5 Å². The van der Waals surface area contributed by atoms with Crippen LogP contribution < -0.4 is 11.1 Å². The zero-order valence-electron chi connectivity index (χ0n) is 12.3. The van der Waals surface area contributed by atoms with Crippen LogP contribution in [0.5, 0.6) is 0 Å². The van der Waals surface area contributed by atoms with E-state index in [1.807, 2.05) is 11.8 Å². The summed E-state index contributed by atoms with van der Waals surface area (Å²) in [6, 6.07) is 3.72. The quantitative estimate of drug-likeness (QED) is 0.855. The minimum Gasteiger partial charge on any atom is -0.397 e. The van der Waals surface area contributed by atoms with Gasteiger partial charge in [-0.1, -0.05) is 6.92 Å². The number of piperidine rings is 1. The summed E-state index contributed by atoms with van der Waals surface area (Å²) in [5.41, 5.74) is 6.90. The van der Waals surface area contributed by atoms with Crippen molar-refractivity contribution >= 4 is 17.5 Å². The van der Waals surface area contributed by atoms with Crippen LogP contribution in [-0.4, -0.2) is 40.8 Å². The number of nitrogen functional groups attached to an aromatic ring is 1. The van der Waals surface area contributed by atoms with Crippen LogP contribution >= 0.6 is 0 Å². The lowest BCUT2D eigenvalue weighted by molar-refractivity contribution is -0.131. The maximum atomic E-state index is 12.2. The Morgan fingerprint density at radius 2 is 2.10 bits per heavy atom. The van der Waals surface area contributed by atoms with Crippen molar-refractivity contribution in [3.63, 3.8) is 0 Å². The number of anilines is 1. The first-order valence-electron chi connectivity index (χ1n) is 7.36. The third kappa shape index (κ3) is 4.44. The number of amides is 2. The molecule has 0 saturated carbocycles. The van der Waals surface area contributed by atoms with Crippen LogP contribution in [0.1, 0.15) is 31.9 Å². The minimum atomic E-state index is 0.0749. The van der Waals surface area contributed by atoms with Crippen molar-refractivity contribution in [2.75, 3.05) is 18.8 Å². The van der Waals surface area contributed by atoms with E-state index in [-0.39, 0.29) is 17.9 Å². The fourth-order valence-corrected chi connectivity index (χ4v) is 2.41. The van der Waals surface area contributed by atoms with Gasteiger partial charge < -0.3 is 16.0 Å². The van der Waals surface area contributed by atoms with Gasteiger partial charge in [0.05, 0.1) is 18.3 Å². The van der Waals surface area contributed by atoms with Crippen molar-refractivity contribution < 1.29 is 9.59 Å². The Labute approximate surface area is 124 Å². The van der Waals surface area contributed by atoms with Gasteiger partial charge in [-0.15, -0.1) is 0 Å². The molecule has 0 bridgehead atoms. The van der Waals surface area contributed by atoms with Crippen LogP contribution in [0, 0.1) is 0 Å². The van der Waals surface area contributed by atoms with E-state index >= 15 is 0 Å². The Hall–Kier alpha value is -2.11. The van der Waals surface area contributed by atoms with Crippen LogP contribution in [0.4, 0.5) is 5.69 Å². The summed E-state index contributed by atoms with van der Waals surface area (Å²) in [4.78, 5) is 29.5. The van der Waals surface area contributed by atoms with E-state index in [0.29, 0.717) is 31.6 Å². The summed E-state index contributed by atoms with van der Waals surface area (Å²) >= 11 is 0. The lowest BCUT2D eigenvalue weighted by Gasteiger charge is -2.32. The molecule has 21 heavy (non-hydrogen) atoms. The zero-order valence-corrected chi connectivity index (χ0v) is 12.3. The van der Waals surface area contributed by atoms with Crippen LogP contribution in [0.15, 0.2) is 18.3 Å². The molecule has 0 atom stereocenters. The zero-order chi connectivity index (χ0) is 15.2. The Balaban J connectivity index is 1.80. The molecule has 1 aliphatic heterocycles. The number of nitrogens with one attached hydrogen (secondary N) is 1. The number of likely N-dealkylation sites (tertiary alicyclic amines) is 1. The molecule has 1 aliphatic rings. The van der Waals surface area contributed by atoms with Gasteiger partial charge in [0.15, 0.2) is 0 Å². The number of carbonyl (C=O) groups excluding carboxylic acids is 2. The largest absolute Gasteiger partial charge is 0.397 e. The van der Waals surface area contributed by atoms with Crippen molar-refractivity contribution in [2.45, 2.75) is 38.6 Å². The van der Waals surface area contributed by atoms with Gasteiger partial charge in [0.25, 0.3) is 0 Å². The highest BCUT2D eigenvalue weighted by Crippen LogP contribution is 2.12. The summed E-state index contributed by atoms with van der Waals surface area (Å²) in [6.07, 6.45) is 3.99. The Morgan fingerprint density at radius 3 is 2.67 bits per heavy atom. The van der Waals surface area contributed by atoms with Crippen molar-refractivity contribution in [1.29, 1.82) is 0 Å². The number of hydrogen-bond acceptors (Lipinski definition) is 4. The molecular weight excluding hydrogens is 268 g/mol. The SMILES string of the molecule is CCC(=O)NC1CCN(C(=O)Cc2ccc(N)cn2)CC1. The maximum absolute atomic E-state index is 12.2. The molecule has 2 heterocycles. The van der Waals surface area contributed by atoms with E-state index in [2.05, 4.69) is 10.3 Å². The van der Waals surface area contributed by atoms with Gasteiger partial charge in [-0.2, -0.15) is 0 Å². The molecular formula is C15H22N4O2. The van der Waals surface area contributed by atoms with Crippen LogP contribution in [0.2, 0.25) is 0 Å². The minimum absolute atomic E-state index is 0.0749. The lowest BCUT2D eigenvalue weighted by atomic mass is 10.0. The Morgan fingerprint density at radius 1 is 1.38 bits per heavy atom. The summed E-state index contributed by atoms with van der Waals surface area (Å²) in [6.45, 7) is 3.21. The fourth-order valence-electron chi connectivity index (χ4n) is 2.41. The second kappa shape index (κ2) is 7.06. The van der Waals surface area contributed by atoms with Gasteiger partial charge >= 0.3 is 0 Å². The van der Waals surface area contributed by atoms with Gasteiger partial charge in [0, 0.05) is 31.2 Å². The van der Waals surface area contributed by atoms with Crippen LogP contribution in [0.25, 0.3) is 0 Å². The normalized spacial score (nSPS) is 15.8. The van der Waals surface area contributed by atoms with Gasteiger partial charge in [-0.3, -0.25) is 14.6 Å². The van der Waals surface area contributed by atoms with Crippen molar-refractivity contribution in [3.05, 3.63) is 24.0 Å². The third-order valence-corrected chi connectivity index (χ3v) is 3.71. The summed E-state index contributed by atoms with van der Waals surface area (Å²) in [7, 11) is 0. The number of nitrogens with two attached hydrogens (primary N) is 1. The van der Waals surface area contributed by atoms with Gasteiger partial charge in [-0.05, 0) is 25.0 Å². The van der Waals surface area contributed by atoms with Gasteiger partial charge in [0.1, 0.15) is 0 Å². The van der Waals surface area contributed by atoms with E-state index < -0.39 is 0 Å². The molecule has 6 nitrogen and oxygen atoms in total. The average Bonchev–Trinajstić information content (AvgIpc) is 2.50. The fraction of sp³-hybridized carbons (Fsp3) is 0.533. The van der Waals surface area contributed by atoms with Crippen LogP contribution in [0.3, 0.4) is 0 Å². The second-order valence-corrected chi connectivity index (χ2v) is 5.34. The van der Waals surface area contributed by atoms with E-state index in [4.69, 9.17) is 5.73 Å². The number of hydrogen-bond donors (Lipinski definition) is 2. The topological polar surface area (TPSA) is 88.3 Å². The van der Waals surface area contributed by atoms with Gasteiger partial charge in [-0.25, -0.2) is 0 Å². The predicted molar refractivity (Wildman–Crippen MR) is 80.4 cm³/mol. The smallest absolute Gasteiger partial charge is 0.228 e. The first-order valence-corrected chi connectivity index (χ1v) is 7.36. The number of rotatable bonds is 4. The molecule has 0 radical (unpaired) electrons. The monoisotopic (exact) mass is 290 g/mol. The third-order valence-electron chi connectivity index (χ3n) is 3.71. The van der Waals surface area contributed by atoms with E-state index in [1.54, 1.807) is 18.3 Å². The summed E-state index contributed by atoms with van der Waals surface area (Å²) < 4.78 is 0. The lowest BCUT2D eigenvalue weighted by Crippen LogP contribution is -2.46. The molecule has 0 aliphatic carbocycles. The molecule has 3 N–H and O–H groups in total. The predicted octanol–water partition coefficient (Wildman–Crippen LogP) is 0.724. The molecule has 1 aromatic rings. The molecule has 6 heteroatoms. The highest BCUT2D eigenvalue weighted by atomic mass is 16.2. The number of carbonyl (C=O) groups is 2. The van der Waals surface area contributed by atoms with Crippen molar-refractivity contribution in [3.8, 4) is 0 Å². The molecule has 0 unspecified atom stereocenters. The maximum Gasteiger partial charge on any atom is 0.228 e. The van der Waals surface area contributed by atoms with Crippen molar-refractivity contribution in [1.82, 2.24) is 15.2 Å². The first kappa shape index (κ1) is 15.3. The number of nitrogens with zero attached hydrogens (tertiary/aromatic N) is 2. The van der Waals surface area contributed by atoms with Crippen molar-refractivity contribution in [2.24, 2.45) is 0 Å². The molecule has 0 spiro atoms. The van der Waals surface area contributed by atoms with Gasteiger partial charge in [0.2, 0.25) is 11.8 Å². The molecule has 0 aromatic carbocycles. The molecule has 1 fully saturated rings. The van der Waals surface area contributed by atoms with E-state index in [9.17, 15) is 9.59 Å². The first-order chi connectivity index (χ1) is 10.1. The molecule has 1 aromatic heterocycles. The highest BCUT2D eigenvalue weighted by Gasteiger charge is 2.23. The highest BCUT2D eigenvalue weighted by molar-refractivity contribution is 5.78. The molecule has 2 rings (SSSR count). The van der Waals surface area contributed by atoms with E-state index in [1.165, 1.54) is 0 Å². The Bertz CT molecular complexity index is 493. The Kier molecular flexibility index (Phi) is 5.14. The molecule has 1 saturated heterocycles. The summed E-state index contributed by atoms with van der Waals surface area (Å²) in [5.74, 6) is 0.151. The number of aromatic nitrogens is 1. The second-order valence-electron chi connectivity index (χ2n) is 5.34.